The van der Waals surface area contributed by atoms with Crippen LogP contribution in [-0.2, 0) is 4.79 Å². The van der Waals surface area contributed by atoms with Crippen molar-refractivity contribution in [3.8, 4) is 5.75 Å². The van der Waals surface area contributed by atoms with E-state index in [2.05, 4.69) is 10.2 Å². The summed E-state index contributed by atoms with van der Waals surface area (Å²) in [6.45, 7) is 7.88. The van der Waals surface area contributed by atoms with Gasteiger partial charge in [-0.3, -0.25) is 9.59 Å². The Balaban J connectivity index is 1.55. The van der Waals surface area contributed by atoms with Gasteiger partial charge in [0.25, 0.3) is 5.91 Å². The van der Waals surface area contributed by atoms with E-state index in [1.807, 2.05) is 55.1 Å². The number of nitrogens with one attached hydrogen (secondary N) is 1. The van der Waals surface area contributed by atoms with Gasteiger partial charge in [-0.25, -0.2) is 0 Å². The molecular formula is C24H31N3O3. The van der Waals surface area contributed by atoms with Crippen molar-refractivity contribution >= 4 is 23.2 Å². The summed E-state index contributed by atoms with van der Waals surface area (Å²) >= 11 is 0. The summed E-state index contributed by atoms with van der Waals surface area (Å²) in [5.74, 6) is 0.795. The third-order valence-corrected chi connectivity index (χ3v) is 5.16. The number of ether oxygens (including phenoxy) is 1. The second-order valence-corrected chi connectivity index (χ2v) is 7.50. The first-order chi connectivity index (χ1) is 14.6. The van der Waals surface area contributed by atoms with Crippen molar-refractivity contribution < 1.29 is 14.3 Å². The summed E-state index contributed by atoms with van der Waals surface area (Å²) in [5, 5.41) is 2.94. The molecule has 3 rings (SSSR count). The molecule has 0 radical (unpaired) electrons. The molecular weight excluding hydrogens is 378 g/mol. The van der Waals surface area contributed by atoms with Crippen LogP contribution in [0, 0.1) is 0 Å². The van der Waals surface area contributed by atoms with E-state index in [9.17, 15) is 9.59 Å². The van der Waals surface area contributed by atoms with E-state index in [0.717, 1.165) is 50.4 Å². The van der Waals surface area contributed by atoms with E-state index < -0.39 is 0 Å². The van der Waals surface area contributed by atoms with Crippen LogP contribution in [0.25, 0.3) is 0 Å². The maximum absolute atomic E-state index is 12.6. The van der Waals surface area contributed by atoms with Crippen LogP contribution < -0.4 is 15.0 Å². The van der Waals surface area contributed by atoms with E-state index in [0.29, 0.717) is 24.3 Å². The maximum atomic E-state index is 12.6. The van der Waals surface area contributed by atoms with Crippen molar-refractivity contribution in [1.82, 2.24) is 4.90 Å². The first-order valence-corrected chi connectivity index (χ1v) is 10.8. The molecule has 0 aromatic heterocycles. The molecule has 2 aromatic rings. The number of nitrogens with zero attached hydrogens (tertiary/aromatic N) is 2. The Bertz CT molecular complexity index is 843. The largest absolute Gasteiger partial charge is 0.494 e. The lowest BCUT2D eigenvalue weighted by atomic mass is 10.2. The van der Waals surface area contributed by atoms with Gasteiger partial charge in [0.2, 0.25) is 5.91 Å². The number of piperazine rings is 1. The summed E-state index contributed by atoms with van der Waals surface area (Å²) in [6, 6.07) is 15.1. The van der Waals surface area contributed by atoms with Crippen LogP contribution in [0.5, 0.6) is 5.75 Å². The summed E-state index contributed by atoms with van der Waals surface area (Å²) in [4.78, 5) is 28.8. The lowest BCUT2D eigenvalue weighted by Crippen LogP contribution is -2.48. The normalized spacial score (nSPS) is 13.8. The minimum absolute atomic E-state index is 0.159. The lowest BCUT2D eigenvalue weighted by molar-refractivity contribution is -0.131. The molecule has 1 saturated heterocycles. The third-order valence-electron chi connectivity index (χ3n) is 5.16. The highest BCUT2D eigenvalue weighted by molar-refractivity contribution is 6.04. The van der Waals surface area contributed by atoms with Gasteiger partial charge in [0.15, 0.2) is 0 Å². The van der Waals surface area contributed by atoms with Crippen LogP contribution in [0.3, 0.4) is 0 Å². The molecule has 0 saturated carbocycles. The number of hydrogen-bond acceptors (Lipinski definition) is 4. The average Bonchev–Trinajstić information content (AvgIpc) is 2.78. The second kappa shape index (κ2) is 10.7. The van der Waals surface area contributed by atoms with E-state index >= 15 is 0 Å². The Hall–Kier alpha value is -3.02. The Morgan fingerprint density at radius 1 is 0.967 bits per heavy atom. The van der Waals surface area contributed by atoms with Crippen molar-refractivity contribution in [2.45, 2.75) is 33.1 Å². The molecule has 0 atom stereocenters. The highest BCUT2D eigenvalue weighted by atomic mass is 16.5. The van der Waals surface area contributed by atoms with Crippen molar-refractivity contribution in [2.24, 2.45) is 0 Å². The summed E-state index contributed by atoms with van der Waals surface area (Å²) in [7, 11) is 0. The van der Waals surface area contributed by atoms with Crippen LogP contribution in [0.15, 0.2) is 48.5 Å². The van der Waals surface area contributed by atoms with Gasteiger partial charge in [-0.2, -0.15) is 0 Å². The zero-order valence-corrected chi connectivity index (χ0v) is 17.9. The number of hydrogen-bond donors (Lipinski definition) is 1. The molecule has 1 aliphatic rings. The molecule has 0 spiro atoms. The van der Waals surface area contributed by atoms with Gasteiger partial charge in [-0.15, -0.1) is 0 Å². The van der Waals surface area contributed by atoms with Crippen molar-refractivity contribution in [1.29, 1.82) is 0 Å². The van der Waals surface area contributed by atoms with Gasteiger partial charge < -0.3 is 19.9 Å². The SMILES string of the molecule is CCCOc1cccc(C(=O)Nc2ccc(N3CCN(C(=O)CCC)CC3)cc2)c1. The molecule has 0 aliphatic carbocycles. The minimum atomic E-state index is -0.159. The monoisotopic (exact) mass is 409 g/mol. The first-order valence-electron chi connectivity index (χ1n) is 10.8. The van der Waals surface area contributed by atoms with Gasteiger partial charge in [0.1, 0.15) is 5.75 Å². The number of carbonyl (C=O) groups excluding carboxylic acids is 2. The molecule has 1 aliphatic heterocycles. The van der Waals surface area contributed by atoms with Crippen molar-refractivity contribution in [3.63, 3.8) is 0 Å². The fourth-order valence-electron chi connectivity index (χ4n) is 3.49. The molecule has 0 bridgehead atoms. The van der Waals surface area contributed by atoms with E-state index in [4.69, 9.17) is 4.74 Å². The molecule has 1 N–H and O–H groups in total. The fourth-order valence-corrected chi connectivity index (χ4v) is 3.49. The topological polar surface area (TPSA) is 61.9 Å². The average molecular weight is 410 g/mol. The zero-order chi connectivity index (χ0) is 21.3. The Kier molecular flexibility index (Phi) is 7.71. The van der Waals surface area contributed by atoms with Crippen molar-refractivity contribution in [2.75, 3.05) is 43.0 Å². The lowest BCUT2D eigenvalue weighted by Gasteiger charge is -2.36. The second-order valence-electron chi connectivity index (χ2n) is 7.50. The number of rotatable bonds is 8. The van der Waals surface area contributed by atoms with Crippen LogP contribution in [0.4, 0.5) is 11.4 Å². The van der Waals surface area contributed by atoms with E-state index in [-0.39, 0.29) is 11.8 Å². The van der Waals surface area contributed by atoms with Gasteiger partial charge in [0, 0.05) is 49.5 Å². The molecule has 160 valence electrons. The Labute approximate surface area is 178 Å². The molecule has 30 heavy (non-hydrogen) atoms. The molecule has 2 amide bonds. The summed E-state index contributed by atoms with van der Waals surface area (Å²) in [6.07, 6.45) is 2.44. The highest BCUT2D eigenvalue weighted by Crippen LogP contribution is 2.21. The van der Waals surface area contributed by atoms with Gasteiger partial charge in [-0.05, 0) is 55.3 Å². The molecule has 0 unspecified atom stereocenters. The molecule has 6 nitrogen and oxygen atoms in total. The van der Waals surface area contributed by atoms with Gasteiger partial charge >= 0.3 is 0 Å². The number of carbonyl (C=O) groups is 2. The first kappa shape index (κ1) is 21.7. The van der Waals surface area contributed by atoms with E-state index in [1.54, 1.807) is 12.1 Å². The molecule has 1 fully saturated rings. The third kappa shape index (κ3) is 5.75. The van der Waals surface area contributed by atoms with Gasteiger partial charge in [-0.1, -0.05) is 19.9 Å². The van der Waals surface area contributed by atoms with Gasteiger partial charge in [0.05, 0.1) is 6.61 Å². The zero-order valence-electron chi connectivity index (χ0n) is 17.9. The predicted octanol–water partition coefficient (Wildman–Crippen LogP) is 4.18. The highest BCUT2D eigenvalue weighted by Gasteiger charge is 2.20. The van der Waals surface area contributed by atoms with Crippen LogP contribution >= 0.6 is 0 Å². The standard InChI is InChI=1S/C24H31N3O3/c1-3-6-23(28)27-15-13-26(14-16-27)21-11-9-20(10-12-21)25-24(29)19-7-5-8-22(18-19)30-17-4-2/h5,7-12,18H,3-4,6,13-17H2,1-2H3,(H,25,29). The molecule has 2 aromatic carbocycles. The van der Waals surface area contributed by atoms with Crippen LogP contribution in [0.2, 0.25) is 0 Å². The Morgan fingerprint density at radius 3 is 2.37 bits per heavy atom. The molecule has 1 heterocycles. The number of amides is 2. The predicted molar refractivity (Wildman–Crippen MR) is 120 cm³/mol. The van der Waals surface area contributed by atoms with Crippen molar-refractivity contribution in [3.05, 3.63) is 54.1 Å². The quantitative estimate of drug-likeness (QED) is 0.711. The van der Waals surface area contributed by atoms with E-state index in [1.165, 1.54) is 0 Å². The smallest absolute Gasteiger partial charge is 0.255 e. The number of benzene rings is 2. The summed E-state index contributed by atoms with van der Waals surface area (Å²) in [5.41, 5.74) is 2.42. The van der Waals surface area contributed by atoms with Crippen LogP contribution in [0.1, 0.15) is 43.5 Å². The minimum Gasteiger partial charge on any atom is -0.494 e. The maximum Gasteiger partial charge on any atom is 0.255 e. The fraction of sp³-hybridized carbons (Fsp3) is 0.417. The molecule has 6 heteroatoms. The Morgan fingerprint density at radius 2 is 1.70 bits per heavy atom. The van der Waals surface area contributed by atoms with Crippen LogP contribution in [-0.4, -0.2) is 49.5 Å². The number of anilines is 2. The summed E-state index contributed by atoms with van der Waals surface area (Å²) < 4.78 is 5.60.